The summed E-state index contributed by atoms with van der Waals surface area (Å²) in [7, 11) is 0. The van der Waals surface area contributed by atoms with Gasteiger partial charge in [-0.25, -0.2) is 0 Å². The minimum atomic E-state index is -0.124. The van der Waals surface area contributed by atoms with Gasteiger partial charge in [-0.15, -0.1) is 0 Å². The van der Waals surface area contributed by atoms with Gasteiger partial charge in [-0.2, -0.15) is 0 Å². The van der Waals surface area contributed by atoms with Crippen LogP contribution >= 0.6 is 0 Å². The average Bonchev–Trinajstić information content (AvgIpc) is 2.90. The van der Waals surface area contributed by atoms with Crippen molar-refractivity contribution in [1.82, 2.24) is 15.6 Å². The van der Waals surface area contributed by atoms with Crippen molar-refractivity contribution >= 4 is 11.6 Å². The van der Waals surface area contributed by atoms with E-state index in [0.717, 1.165) is 81.0 Å². The van der Waals surface area contributed by atoms with Crippen molar-refractivity contribution in [2.75, 3.05) is 37.7 Å². The maximum atomic E-state index is 13.7. The van der Waals surface area contributed by atoms with Crippen molar-refractivity contribution in [3.8, 4) is 0 Å². The maximum Gasteiger partial charge on any atom is 0.253 e. The molecule has 2 aliphatic rings. The lowest BCUT2D eigenvalue weighted by molar-refractivity contribution is 0.0845. The second-order valence-corrected chi connectivity index (χ2v) is 10.9. The number of aryl methyl sites for hydroxylation is 1. The molecule has 202 valence electrons. The summed E-state index contributed by atoms with van der Waals surface area (Å²) in [6, 6.07) is 6.87. The molecule has 0 unspecified atom stereocenters. The molecule has 2 saturated heterocycles. The van der Waals surface area contributed by atoms with E-state index in [9.17, 15) is 9.59 Å². The molecule has 3 N–H and O–H groups in total. The SMILES string of the molecule is CCN(c1cc(C2CCNCC2)cc(C(=O)NCc2c(C(C)C)cc(C)[nH]c2=O)c1C)C1CCOCC1. The topological polar surface area (TPSA) is 86.5 Å². The molecule has 1 aromatic carbocycles. The highest BCUT2D eigenvalue weighted by Crippen LogP contribution is 2.35. The molecule has 1 amide bonds. The fourth-order valence-electron chi connectivity index (χ4n) is 5.97. The summed E-state index contributed by atoms with van der Waals surface area (Å²) < 4.78 is 5.63. The van der Waals surface area contributed by atoms with Crippen LogP contribution in [0.3, 0.4) is 0 Å². The van der Waals surface area contributed by atoms with Gasteiger partial charge in [0.15, 0.2) is 0 Å². The lowest BCUT2D eigenvalue weighted by Crippen LogP contribution is -2.40. The van der Waals surface area contributed by atoms with E-state index in [1.54, 1.807) is 0 Å². The van der Waals surface area contributed by atoms with E-state index in [1.807, 2.05) is 13.0 Å². The van der Waals surface area contributed by atoms with Crippen molar-refractivity contribution in [2.24, 2.45) is 0 Å². The summed E-state index contributed by atoms with van der Waals surface area (Å²) in [5, 5.41) is 6.56. The van der Waals surface area contributed by atoms with Crippen LogP contribution in [0.4, 0.5) is 5.69 Å². The molecule has 0 radical (unpaired) electrons. The molecule has 1 aromatic heterocycles. The van der Waals surface area contributed by atoms with Gasteiger partial charge in [0.25, 0.3) is 11.5 Å². The van der Waals surface area contributed by atoms with E-state index in [0.29, 0.717) is 23.1 Å². The van der Waals surface area contributed by atoms with Gasteiger partial charge in [-0.1, -0.05) is 13.8 Å². The van der Waals surface area contributed by atoms with Crippen molar-refractivity contribution in [2.45, 2.75) is 84.7 Å². The summed E-state index contributed by atoms with van der Waals surface area (Å²) >= 11 is 0. The third-order valence-electron chi connectivity index (χ3n) is 8.09. The number of amides is 1. The lowest BCUT2D eigenvalue weighted by atomic mass is 9.87. The van der Waals surface area contributed by atoms with Crippen LogP contribution in [0.15, 0.2) is 23.0 Å². The first kappa shape index (κ1) is 27.4. The van der Waals surface area contributed by atoms with Gasteiger partial charge in [0.05, 0.1) is 0 Å². The van der Waals surface area contributed by atoms with Crippen molar-refractivity contribution in [3.63, 3.8) is 0 Å². The Labute approximate surface area is 221 Å². The number of aromatic amines is 1. The van der Waals surface area contributed by atoms with Gasteiger partial charge < -0.3 is 25.3 Å². The quantitative estimate of drug-likeness (QED) is 0.488. The highest BCUT2D eigenvalue weighted by atomic mass is 16.5. The van der Waals surface area contributed by atoms with Crippen LogP contribution in [0.2, 0.25) is 0 Å². The zero-order valence-electron chi connectivity index (χ0n) is 23.2. The van der Waals surface area contributed by atoms with Crippen molar-refractivity contribution < 1.29 is 9.53 Å². The van der Waals surface area contributed by atoms with Crippen LogP contribution < -0.4 is 21.1 Å². The zero-order chi connectivity index (χ0) is 26.5. The first-order chi connectivity index (χ1) is 17.8. The van der Waals surface area contributed by atoms with Crippen molar-refractivity contribution in [3.05, 3.63) is 62.1 Å². The van der Waals surface area contributed by atoms with Gasteiger partial charge in [0, 0.05) is 54.9 Å². The van der Waals surface area contributed by atoms with Crippen LogP contribution in [-0.4, -0.2) is 49.8 Å². The smallest absolute Gasteiger partial charge is 0.253 e. The Morgan fingerprint density at radius 2 is 1.81 bits per heavy atom. The number of piperidine rings is 1. The molecule has 0 bridgehead atoms. The van der Waals surface area contributed by atoms with Gasteiger partial charge in [0.1, 0.15) is 0 Å². The predicted octanol–water partition coefficient (Wildman–Crippen LogP) is 4.52. The Kier molecular flexibility index (Phi) is 9.08. The molecule has 2 aliphatic heterocycles. The van der Waals surface area contributed by atoms with E-state index in [4.69, 9.17) is 4.74 Å². The molecule has 0 atom stereocenters. The number of hydrogen-bond acceptors (Lipinski definition) is 5. The average molecular weight is 509 g/mol. The lowest BCUT2D eigenvalue weighted by Gasteiger charge is -2.37. The second-order valence-electron chi connectivity index (χ2n) is 10.9. The first-order valence-corrected chi connectivity index (χ1v) is 14.0. The minimum Gasteiger partial charge on any atom is -0.381 e. The van der Waals surface area contributed by atoms with Gasteiger partial charge in [-0.05, 0) is 106 Å². The molecular weight excluding hydrogens is 464 g/mol. The number of carbonyl (C=O) groups is 1. The van der Waals surface area contributed by atoms with Crippen LogP contribution in [0.1, 0.15) is 96.6 Å². The Balaban J connectivity index is 1.68. The zero-order valence-corrected chi connectivity index (χ0v) is 23.2. The van der Waals surface area contributed by atoms with Crippen LogP contribution in [-0.2, 0) is 11.3 Å². The predicted molar refractivity (Wildman–Crippen MR) is 150 cm³/mol. The van der Waals surface area contributed by atoms with Gasteiger partial charge in [0.2, 0.25) is 0 Å². The number of nitrogens with one attached hydrogen (secondary N) is 3. The number of carbonyl (C=O) groups excluding carboxylic acids is 1. The summed E-state index contributed by atoms with van der Waals surface area (Å²) in [6.45, 7) is 15.0. The number of nitrogens with zero attached hydrogens (tertiary/aromatic N) is 1. The molecule has 7 heteroatoms. The van der Waals surface area contributed by atoms with Gasteiger partial charge >= 0.3 is 0 Å². The summed E-state index contributed by atoms with van der Waals surface area (Å²) in [6.07, 6.45) is 4.15. The van der Waals surface area contributed by atoms with Crippen LogP contribution in [0, 0.1) is 13.8 Å². The number of hydrogen-bond donors (Lipinski definition) is 3. The fraction of sp³-hybridized carbons (Fsp3) is 0.600. The molecular formula is C30H44N4O3. The number of aromatic nitrogens is 1. The molecule has 4 rings (SSSR count). The van der Waals surface area contributed by atoms with E-state index < -0.39 is 0 Å². The van der Waals surface area contributed by atoms with Crippen LogP contribution in [0.25, 0.3) is 0 Å². The molecule has 3 heterocycles. The largest absolute Gasteiger partial charge is 0.381 e. The Hall–Kier alpha value is -2.64. The van der Waals surface area contributed by atoms with Crippen LogP contribution in [0.5, 0.6) is 0 Å². The standard InChI is InChI=1S/C30H44N4O3/c1-6-34(24-9-13-37-14-10-24)28-17-23(22-7-11-31-12-8-22)16-26(21(28)5)29(35)32-18-27-25(19(2)3)15-20(4)33-30(27)36/h15-17,19,22,24,31H,6-14,18H2,1-5H3,(H,32,35)(H,33,36). The van der Waals surface area contributed by atoms with E-state index >= 15 is 0 Å². The number of anilines is 1. The molecule has 7 nitrogen and oxygen atoms in total. The normalized spacial score (nSPS) is 17.2. The number of pyridine rings is 1. The Morgan fingerprint density at radius 3 is 2.46 bits per heavy atom. The number of ether oxygens (including phenoxy) is 1. The summed E-state index contributed by atoms with van der Waals surface area (Å²) in [5.74, 6) is 0.516. The highest BCUT2D eigenvalue weighted by molar-refractivity contribution is 5.97. The Bertz CT molecular complexity index is 1140. The molecule has 37 heavy (non-hydrogen) atoms. The second kappa shape index (κ2) is 12.3. The summed E-state index contributed by atoms with van der Waals surface area (Å²) in [4.78, 5) is 31.8. The molecule has 0 aliphatic carbocycles. The van der Waals surface area contributed by atoms with Crippen molar-refractivity contribution in [1.29, 1.82) is 0 Å². The number of rotatable bonds is 8. The monoisotopic (exact) mass is 508 g/mol. The third-order valence-corrected chi connectivity index (χ3v) is 8.09. The first-order valence-electron chi connectivity index (χ1n) is 14.0. The van der Waals surface area contributed by atoms with Gasteiger partial charge in [-0.3, -0.25) is 9.59 Å². The Morgan fingerprint density at radius 1 is 1.11 bits per heavy atom. The molecule has 0 saturated carbocycles. The number of H-pyrrole nitrogens is 1. The van der Waals surface area contributed by atoms with E-state index in [-0.39, 0.29) is 23.9 Å². The molecule has 2 aromatic rings. The molecule has 0 spiro atoms. The summed E-state index contributed by atoms with van der Waals surface area (Å²) in [5.41, 5.74) is 6.46. The maximum absolute atomic E-state index is 13.7. The van der Waals surface area contributed by atoms with E-state index in [1.165, 1.54) is 5.56 Å². The minimum absolute atomic E-state index is 0.118. The third kappa shape index (κ3) is 6.27. The molecule has 2 fully saturated rings. The van der Waals surface area contributed by atoms with E-state index in [2.05, 4.69) is 60.3 Å². The fourth-order valence-corrected chi connectivity index (χ4v) is 5.97. The highest BCUT2D eigenvalue weighted by Gasteiger charge is 2.26. The number of benzene rings is 1.